The molecule has 2 fully saturated rings. The fourth-order valence-electron chi connectivity index (χ4n) is 3.27. The van der Waals surface area contributed by atoms with Crippen LogP contribution in [0.25, 0.3) is 0 Å². The molecule has 1 spiro atoms. The number of amides is 1. The standard InChI is InChI=1S/C21H32N4O5/c1-25(2)19(26)14-24-20(22-12-16-4-6-17(27-3)7-5-16)23-13-18-15-29-21(30-18)8-10-28-11-9-21/h4-7,18H,8-15H2,1-3H3,(H2,22,23,24). The number of hydrogen-bond donors (Lipinski definition) is 2. The number of ether oxygens (including phenoxy) is 4. The van der Waals surface area contributed by atoms with E-state index in [1.54, 1.807) is 21.2 Å². The molecule has 0 radical (unpaired) electrons. The van der Waals surface area contributed by atoms with Gasteiger partial charge in [0.2, 0.25) is 5.91 Å². The van der Waals surface area contributed by atoms with Gasteiger partial charge in [-0.25, -0.2) is 4.99 Å². The minimum Gasteiger partial charge on any atom is -0.497 e. The molecule has 2 aliphatic heterocycles. The zero-order valence-electron chi connectivity index (χ0n) is 18.0. The van der Waals surface area contributed by atoms with E-state index < -0.39 is 5.79 Å². The molecular formula is C21H32N4O5. The van der Waals surface area contributed by atoms with Crippen molar-refractivity contribution in [2.75, 3.05) is 54.1 Å². The van der Waals surface area contributed by atoms with Crippen LogP contribution < -0.4 is 15.4 Å². The number of guanidine groups is 1. The van der Waals surface area contributed by atoms with Gasteiger partial charge in [0.05, 0.1) is 40.0 Å². The summed E-state index contributed by atoms with van der Waals surface area (Å²) < 4.78 is 22.7. The van der Waals surface area contributed by atoms with Crippen molar-refractivity contribution in [3.63, 3.8) is 0 Å². The van der Waals surface area contributed by atoms with Crippen LogP contribution in [0.15, 0.2) is 29.3 Å². The summed E-state index contributed by atoms with van der Waals surface area (Å²) in [7, 11) is 5.09. The number of carbonyl (C=O) groups is 1. The first-order valence-electron chi connectivity index (χ1n) is 10.2. The van der Waals surface area contributed by atoms with Gasteiger partial charge in [-0.3, -0.25) is 4.79 Å². The Labute approximate surface area is 177 Å². The topological polar surface area (TPSA) is 93.7 Å². The number of aliphatic imine (C=N–C) groups is 1. The van der Waals surface area contributed by atoms with Crippen molar-refractivity contribution in [1.29, 1.82) is 0 Å². The first-order valence-corrected chi connectivity index (χ1v) is 10.2. The first kappa shape index (κ1) is 22.3. The molecule has 1 unspecified atom stereocenters. The van der Waals surface area contributed by atoms with E-state index in [1.165, 1.54) is 4.90 Å². The SMILES string of the molecule is COc1ccc(CN=C(NCC(=O)N(C)C)NCC2COC3(CCOCC3)O2)cc1. The van der Waals surface area contributed by atoms with E-state index in [0.717, 1.165) is 24.2 Å². The summed E-state index contributed by atoms with van der Waals surface area (Å²) in [5.41, 5.74) is 1.04. The summed E-state index contributed by atoms with van der Waals surface area (Å²) in [6.07, 6.45) is 1.41. The third kappa shape index (κ3) is 6.32. The van der Waals surface area contributed by atoms with E-state index in [-0.39, 0.29) is 18.6 Å². The molecule has 1 aromatic rings. The molecule has 9 heteroatoms. The second-order valence-electron chi connectivity index (χ2n) is 7.61. The van der Waals surface area contributed by atoms with Gasteiger partial charge < -0.3 is 34.5 Å². The lowest BCUT2D eigenvalue weighted by Crippen LogP contribution is -2.46. The van der Waals surface area contributed by atoms with E-state index in [9.17, 15) is 4.79 Å². The Morgan fingerprint density at radius 3 is 2.63 bits per heavy atom. The highest BCUT2D eigenvalue weighted by Gasteiger charge is 2.42. The van der Waals surface area contributed by atoms with Crippen LogP contribution in [0.4, 0.5) is 0 Å². The van der Waals surface area contributed by atoms with Crippen LogP contribution in [-0.2, 0) is 25.5 Å². The van der Waals surface area contributed by atoms with Crippen molar-refractivity contribution >= 4 is 11.9 Å². The highest BCUT2D eigenvalue weighted by atomic mass is 16.7. The Kier molecular flexibility index (Phi) is 7.89. The third-order valence-corrected chi connectivity index (χ3v) is 5.15. The van der Waals surface area contributed by atoms with E-state index in [1.807, 2.05) is 24.3 Å². The van der Waals surface area contributed by atoms with Gasteiger partial charge in [-0.05, 0) is 17.7 Å². The quantitative estimate of drug-likeness (QED) is 0.496. The smallest absolute Gasteiger partial charge is 0.241 e. The molecular weight excluding hydrogens is 388 g/mol. The Balaban J connectivity index is 1.56. The molecule has 2 N–H and O–H groups in total. The van der Waals surface area contributed by atoms with Crippen LogP contribution in [0, 0.1) is 0 Å². The summed E-state index contributed by atoms with van der Waals surface area (Å²) in [5, 5.41) is 6.37. The van der Waals surface area contributed by atoms with Gasteiger partial charge >= 0.3 is 0 Å². The summed E-state index contributed by atoms with van der Waals surface area (Å²) in [6, 6.07) is 7.73. The molecule has 2 aliphatic rings. The monoisotopic (exact) mass is 420 g/mol. The van der Waals surface area contributed by atoms with Crippen LogP contribution in [0.1, 0.15) is 18.4 Å². The van der Waals surface area contributed by atoms with Crippen molar-refractivity contribution in [1.82, 2.24) is 15.5 Å². The molecule has 9 nitrogen and oxygen atoms in total. The second kappa shape index (κ2) is 10.6. The van der Waals surface area contributed by atoms with Crippen LogP contribution in [-0.4, -0.2) is 82.8 Å². The number of hydrogen-bond acceptors (Lipinski definition) is 6. The molecule has 0 saturated carbocycles. The predicted molar refractivity (Wildman–Crippen MR) is 112 cm³/mol. The van der Waals surface area contributed by atoms with E-state index in [0.29, 0.717) is 38.9 Å². The van der Waals surface area contributed by atoms with Crippen LogP contribution in [0.2, 0.25) is 0 Å². The maximum absolute atomic E-state index is 12.0. The average molecular weight is 421 g/mol. The third-order valence-electron chi connectivity index (χ3n) is 5.15. The van der Waals surface area contributed by atoms with Gasteiger partial charge in [0, 0.05) is 33.5 Å². The highest BCUT2D eigenvalue weighted by molar-refractivity contribution is 5.86. The minimum absolute atomic E-state index is 0.0319. The van der Waals surface area contributed by atoms with E-state index in [4.69, 9.17) is 18.9 Å². The Hall–Kier alpha value is -2.36. The highest BCUT2D eigenvalue weighted by Crippen LogP contribution is 2.32. The molecule has 2 heterocycles. The number of rotatable bonds is 7. The zero-order valence-corrected chi connectivity index (χ0v) is 18.0. The van der Waals surface area contributed by atoms with Crippen molar-refractivity contribution in [2.45, 2.75) is 31.3 Å². The predicted octanol–water partition coefficient (Wildman–Crippen LogP) is 0.741. The lowest BCUT2D eigenvalue weighted by molar-refractivity contribution is -0.210. The molecule has 0 aliphatic carbocycles. The molecule has 0 bridgehead atoms. The fraction of sp³-hybridized carbons (Fsp3) is 0.619. The van der Waals surface area contributed by atoms with Crippen molar-refractivity contribution in [3.05, 3.63) is 29.8 Å². The summed E-state index contributed by atoms with van der Waals surface area (Å²) in [4.78, 5) is 18.1. The molecule has 3 rings (SSSR count). The van der Waals surface area contributed by atoms with Gasteiger partial charge in [-0.15, -0.1) is 0 Å². The summed E-state index contributed by atoms with van der Waals surface area (Å²) in [5.74, 6) is 0.809. The first-order chi connectivity index (χ1) is 14.5. The lowest BCUT2D eigenvalue weighted by Gasteiger charge is -2.31. The molecule has 1 atom stereocenters. The number of carbonyl (C=O) groups excluding carboxylic acids is 1. The van der Waals surface area contributed by atoms with Gasteiger partial charge in [-0.1, -0.05) is 12.1 Å². The maximum Gasteiger partial charge on any atom is 0.241 e. The summed E-state index contributed by atoms with van der Waals surface area (Å²) >= 11 is 0. The number of benzene rings is 1. The van der Waals surface area contributed by atoms with Gasteiger partial charge in [0.1, 0.15) is 11.9 Å². The Bertz CT molecular complexity index is 717. The van der Waals surface area contributed by atoms with Gasteiger partial charge in [0.15, 0.2) is 11.7 Å². The largest absolute Gasteiger partial charge is 0.497 e. The average Bonchev–Trinajstić information content (AvgIpc) is 3.15. The number of likely N-dealkylation sites (N-methyl/N-ethyl adjacent to an activating group) is 1. The normalized spacial score (nSPS) is 20.8. The molecule has 166 valence electrons. The zero-order chi connectivity index (χ0) is 21.4. The van der Waals surface area contributed by atoms with Crippen LogP contribution >= 0.6 is 0 Å². The molecule has 30 heavy (non-hydrogen) atoms. The summed E-state index contributed by atoms with van der Waals surface area (Å²) in [6.45, 7) is 3.00. The van der Waals surface area contributed by atoms with E-state index >= 15 is 0 Å². The molecule has 1 amide bonds. The van der Waals surface area contributed by atoms with Crippen LogP contribution in [0.3, 0.4) is 0 Å². The lowest BCUT2D eigenvalue weighted by atomic mass is 10.1. The van der Waals surface area contributed by atoms with Crippen molar-refractivity contribution in [3.8, 4) is 5.75 Å². The van der Waals surface area contributed by atoms with Gasteiger partial charge in [0.25, 0.3) is 0 Å². The van der Waals surface area contributed by atoms with E-state index in [2.05, 4.69) is 15.6 Å². The number of nitrogens with one attached hydrogen (secondary N) is 2. The molecule has 2 saturated heterocycles. The molecule has 0 aromatic heterocycles. The maximum atomic E-state index is 12.0. The number of methoxy groups -OCH3 is 1. The second-order valence-corrected chi connectivity index (χ2v) is 7.61. The van der Waals surface area contributed by atoms with Gasteiger partial charge in [-0.2, -0.15) is 0 Å². The molecule has 1 aromatic carbocycles. The van der Waals surface area contributed by atoms with Crippen molar-refractivity contribution < 1.29 is 23.7 Å². The fourth-order valence-corrected chi connectivity index (χ4v) is 3.27. The minimum atomic E-state index is -0.515. The number of nitrogens with zero attached hydrogens (tertiary/aromatic N) is 2. The Morgan fingerprint density at radius 2 is 1.97 bits per heavy atom. The Morgan fingerprint density at radius 1 is 1.23 bits per heavy atom. The van der Waals surface area contributed by atoms with Crippen molar-refractivity contribution in [2.24, 2.45) is 4.99 Å². The van der Waals surface area contributed by atoms with Crippen LogP contribution in [0.5, 0.6) is 5.75 Å².